The molecule has 0 atom stereocenters. The van der Waals surface area contributed by atoms with Crippen LogP contribution in [-0.2, 0) is 19.4 Å². The van der Waals surface area contributed by atoms with Gasteiger partial charge in [0.25, 0.3) is 0 Å². The first-order valence-electron chi connectivity index (χ1n) is 8.34. The van der Waals surface area contributed by atoms with Crippen LogP contribution in [0.15, 0.2) is 35.5 Å². The molecule has 7 heteroatoms. The molecule has 2 rings (SSSR count). The Kier molecular flexibility index (Phi) is 10.5. The van der Waals surface area contributed by atoms with Crippen LogP contribution in [0.1, 0.15) is 29.3 Å². The number of nitrogens with zero attached hydrogens (tertiary/aromatic N) is 2. The highest BCUT2D eigenvalue weighted by Gasteiger charge is 2.04. The Morgan fingerprint density at radius 3 is 2.72 bits per heavy atom. The third-order valence-corrected chi connectivity index (χ3v) is 4.73. The van der Waals surface area contributed by atoms with E-state index in [2.05, 4.69) is 34.5 Å². The van der Waals surface area contributed by atoms with Crippen molar-refractivity contribution in [3.05, 3.63) is 45.9 Å². The van der Waals surface area contributed by atoms with Crippen LogP contribution in [0, 0.1) is 0 Å². The quantitative estimate of drug-likeness (QED) is 0.349. The van der Waals surface area contributed by atoms with E-state index < -0.39 is 0 Å². The van der Waals surface area contributed by atoms with Crippen molar-refractivity contribution < 1.29 is 4.74 Å². The molecule has 1 aromatic carbocycles. The van der Waals surface area contributed by atoms with E-state index in [1.54, 1.807) is 18.4 Å². The highest BCUT2D eigenvalue weighted by molar-refractivity contribution is 14.0. The number of methoxy groups -OCH3 is 1. The van der Waals surface area contributed by atoms with Gasteiger partial charge >= 0.3 is 0 Å². The molecule has 0 unspecified atom stereocenters. The van der Waals surface area contributed by atoms with Crippen molar-refractivity contribution >= 4 is 41.3 Å². The van der Waals surface area contributed by atoms with Crippen molar-refractivity contribution in [3.63, 3.8) is 0 Å². The van der Waals surface area contributed by atoms with E-state index in [4.69, 9.17) is 4.74 Å². The number of halogens is 1. The Labute approximate surface area is 171 Å². The number of ether oxygens (including phenoxy) is 1. The number of rotatable bonds is 8. The molecule has 138 valence electrons. The first kappa shape index (κ1) is 21.7. The van der Waals surface area contributed by atoms with E-state index in [-0.39, 0.29) is 24.0 Å². The molecular formula is C18H27IN4OS. The second-order valence-corrected chi connectivity index (χ2v) is 6.46. The summed E-state index contributed by atoms with van der Waals surface area (Å²) in [7, 11) is 1.69. The van der Waals surface area contributed by atoms with Crippen LogP contribution in [0.2, 0.25) is 0 Å². The number of aryl methyl sites for hydroxylation is 1. The van der Waals surface area contributed by atoms with Gasteiger partial charge in [0, 0.05) is 36.1 Å². The van der Waals surface area contributed by atoms with Crippen LogP contribution in [0.25, 0.3) is 0 Å². The zero-order chi connectivity index (χ0) is 17.2. The van der Waals surface area contributed by atoms with Crippen LogP contribution in [0.4, 0.5) is 0 Å². The van der Waals surface area contributed by atoms with Crippen molar-refractivity contribution in [2.24, 2.45) is 4.99 Å². The van der Waals surface area contributed by atoms with Crippen molar-refractivity contribution in [1.82, 2.24) is 15.6 Å². The lowest BCUT2D eigenvalue weighted by atomic mass is 10.2. The largest absolute Gasteiger partial charge is 0.496 e. The standard InChI is InChI=1S/C18H26N4OS.HI/c1-4-15-13-21-17(24-15)10-11-20-18(19-5-2)22-12-14-8-6-7-9-16(14)23-3;/h6-9,13H,4-5,10-12H2,1-3H3,(H2,19,20,22);1H. The number of aliphatic imine (C=N–C) groups is 1. The zero-order valence-corrected chi connectivity index (χ0v) is 18.2. The van der Waals surface area contributed by atoms with E-state index in [0.29, 0.717) is 6.54 Å². The summed E-state index contributed by atoms with van der Waals surface area (Å²) in [6.45, 7) is 6.44. The van der Waals surface area contributed by atoms with Crippen LogP contribution >= 0.6 is 35.3 Å². The lowest BCUT2D eigenvalue weighted by Gasteiger charge is -2.11. The minimum Gasteiger partial charge on any atom is -0.496 e. The molecule has 1 heterocycles. The molecule has 0 fully saturated rings. The molecule has 0 aliphatic carbocycles. The van der Waals surface area contributed by atoms with Gasteiger partial charge in [0.1, 0.15) is 5.75 Å². The van der Waals surface area contributed by atoms with Gasteiger partial charge in [-0.05, 0) is 19.4 Å². The van der Waals surface area contributed by atoms with Crippen LogP contribution in [0.5, 0.6) is 5.75 Å². The molecule has 1 aromatic heterocycles. The van der Waals surface area contributed by atoms with Gasteiger partial charge in [0.05, 0.1) is 18.7 Å². The SMILES string of the molecule is CCNC(=NCc1ccccc1OC)NCCc1ncc(CC)s1.I. The molecule has 0 spiro atoms. The molecular weight excluding hydrogens is 447 g/mol. The van der Waals surface area contributed by atoms with Crippen LogP contribution in [-0.4, -0.2) is 31.1 Å². The molecule has 0 aliphatic rings. The molecule has 0 saturated heterocycles. The maximum absolute atomic E-state index is 5.37. The number of benzene rings is 1. The topological polar surface area (TPSA) is 58.5 Å². The second-order valence-electron chi connectivity index (χ2n) is 5.26. The summed E-state index contributed by atoms with van der Waals surface area (Å²) in [6.07, 6.45) is 3.93. The Morgan fingerprint density at radius 1 is 1.24 bits per heavy atom. The molecule has 0 aliphatic heterocycles. The smallest absolute Gasteiger partial charge is 0.191 e. The van der Waals surface area contributed by atoms with Gasteiger partial charge in [-0.2, -0.15) is 0 Å². The van der Waals surface area contributed by atoms with Gasteiger partial charge in [-0.15, -0.1) is 35.3 Å². The fourth-order valence-electron chi connectivity index (χ4n) is 2.25. The van der Waals surface area contributed by atoms with E-state index in [0.717, 1.165) is 43.2 Å². The van der Waals surface area contributed by atoms with Crippen LogP contribution < -0.4 is 15.4 Å². The minimum atomic E-state index is 0. The summed E-state index contributed by atoms with van der Waals surface area (Å²) in [5.41, 5.74) is 1.07. The first-order chi connectivity index (χ1) is 11.8. The monoisotopic (exact) mass is 474 g/mol. The summed E-state index contributed by atoms with van der Waals surface area (Å²) in [6, 6.07) is 7.96. The van der Waals surface area contributed by atoms with E-state index in [1.165, 1.54) is 9.88 Å². The van der Waals surface area contributed by atoms with Gasteiger partial charge < -0.3 is 15.4 Å². The van der Waals surface area contributed by atoms with Crippen molar-refractivity contribution in [2.75, 3.05) is 20.2 Å². The fraction of sp³-hybridized carbons (Fsp3) is 0.444. The predicted molar refractivity (Wildman–Crippen MR) is 116 cm³/mol. The third kappa shape index (κ3) is 7.19. The molecule has 0 saturated carbocycles. The molecule has 2 aromatic rings. The van der Waals surface area contributed by atoms with Gasteiger partial charge in [-0.25, -0.2) is 9.98 Å². The number of aromatic nitrogens is 1. The molecule has 5 nitrogen and oxygen atoms in total. The normalized spacial score (nSPS) is 10.9. The van der Waals surface area contributed by atoms with Crippen molar-refractivity contribution in [1.29, 1.82) is 0 Å². The van der Waals surface area contributed by atoms with E-state index >= 15 is 0 Å². The lowest BCUT2D eigenvalue weighted by molar-refractivity contribution is 0.410. The van der Waals surface area contributed by atoms with Gasteiger partial charge in [0.2, 0.25) is 0 Å². The first-order valence-corrected chi connectivity index (χ1v) is 9.16. The average Bonchev–Trinajstić information content (AvgIpc) is 3.08. The molecule has 0 radical (unpaired) electrons. The molecule has 25 heavy (non-hydrogen) atoms. The van der Waals surface area contributed by atoms with Crippen LogP contribution in [0.3, 0.4) is 0 Å². The third-order valence-electron chi connectivity index (χ3n) is 3.53. The van der Waals surface area contributed by atoms with E-state index in [1.807, 2.05) is 30.5 Å². The highest BCUT2D eigenvalue weighted by atomic mass is 127. The Balaban J connectivity index is 0.00000312. The van der Waals surface area contributed by atoms with Crippen molar-refractivity contribution in [3.8, 4) is 5.75 Å². The number of hydrogen-bond acceptors (Lipinski definition) is 4. The Bertz CT molecular complexity index is 660. The Morgan fingerprint density at radius 2 is 2.04 bits per heavy atom. The Hall–Kier alpha value is -1.35. The average molecular weight is 474 g/mol. The molecule has 0 bridgehead atoms. The summed E-state index contributed by atoms with van der Waals surface area (Å²) in [5.74, 6) is 1.68. The van der Waals surface area contributed by atoms with Crippen molar-refractivity contribution in [2.45, 2.75) is 33.2 Å². The molecule has 0 amide bonds. The number of nitrogens with one attached hydrogen (secondary N) is 2. The van der Waals surface area contributed by atoms with E-state index in [9.17, 15) is 0 Å². The number of para-hydroxylation sites is 1. The summed E-state index contributed by atoms with van der Waals surface area (Å²) < 4.78 is 5.37. The highest BCUT2D eigenvalue weighted by Crippen LogP contribution is 2.18. The maximum atomic E-state index is 5.37. The van der Waals surface area contributed by atoms with Gasteiger partial charge in [0.15, 0.2) is 5.96 Å². The molecule has 2 N–H and O–H groups in total. The maximum Gasteiger partial charge on any atom is 0.191 e. The number of thiazole rings is 1. The van der Waals surface area contributed by atoms with Gasteiger partial charge in [-0.1, -0.05) is 25.1 Å². The fourth-order valence-corrected chi connectivity index (χ4v) is 3.12. The zero-order valence-electron chi connectivity index (χ0n) is 15.0. The number of hydrogen-bond donors (Lipinski definition) is 2. The van der Waals surface area contributed by atoms with Gasteiger partial charge in [-0.3, -0.25) is 0 Å². The minimum absolute atomic E-state index is 0. The summed E-state index contributed by atoms with van der Waals surface area (Å²) in [5, 5.41) is 7.81. The summed E-state index contributed by atoms with van der Waals surface area (Å²) >= 11 is 1.79. The summed E-state index contributed by atoms with van der Waals surface area (Å²) in [4.78, 5) is 10.4. The predicted octanol–water partition coefficient (Wildman–Crippen LogP) is 3.63. The lowest BCUT2D eigenvalue weighted by Crippen LogP contribution is -2.38. The number of guanidine groups is 1. The second kappa shape index (κ2) is 12.1.